The van der Waals surface area contributed by atoms with E-state index >= 15 is 0 Å². The minimum absolute atomic E-state index is 0.101. The maximum absolute atomic E-state index is 14.9. The molecule has 0 bridgehead atoms. The van der Waals surface area contributed by atoms with E-state index in [0.717, 1.165) is 9.58 Å². The van der Waals surface area contributed by atoms with Crippen LogP contribution in [0.1, 0.15) is 41.5 Å². The lowest BCUT2D eigenvalue weighted by atomic mass is 10.1. The van der Waals surface area contributed by atoms with E-state index in [-0.39, 0.29) is 32.3 Å². The molecule has 0 aliphatic carbocycles. The summed E-state index contributed by atoms with van der Waals surface area (Å²) in [6.45, 7) is 4.98. The lowest BCUT2D eigenvalue weighted by Gasteiger charge is -2.19. The Hall–Kier alpha value is -3.07. The van der Waals surface area contributed by atoms with E-state index in [1.807, 2.05) is 0 Å². The molecule has 0 atom stereocenters. The number of halogens is 2. The molecule has 9 heteroatoms. The van der Waals surface area contributed by atoms with Crippen LogP contribution in [0.15, 0.2) is 40.9 Å². The average molecular weight is 460 g/mol. The predicted octanol–water partition coefficient (Wildman–Crippen LogP) is 4.52. The molecule has 29 heavy (non-hydrogen) atoms. The van der Waals surface area contributed by atoms with Gasteiger partial charge in [-0.3, -0.25) is 9.59 Å². The molecule has 2 amide bonds. The number of carbonyl (C=O) groups excluding carboxylic acids is 3. The van der Waals surface area contributed by atoms with Crippen LogP contribution in [0.5, 0.6) is 0 Å². The lowest BCUT2D eigenvalue weighted by molar-refractivity contribution is 0.0520. The summed E-state index contributed by atoms with van der Waals surface area (Å²) in [4.78, 5) is 39.2. The van der Waals surface area contributed by atoms with Crippen molar-refractivity contribution in [2.24, 2.45) is 0 Å². The Morgan fingerprint density at radius 1 is 1.07 bits per heavy atom. The van der Waals surface area contributed by atoms with Gasteiger partial charge >= 0.3 is 6.09 Å². The molecule has 3 aromatic rings. The van der Waals surface area contributed by atoms with Crippen LogP contribution in [0.4, 0.5) is 15.0 Å². The summed E-state index contributed by atoms with van der Waals surface area (Å²) in [6, 6.07) is 9.23. The number of amides is 2. The maximum Gasteiger partial charge on any atom is 0.435 e. The van der Waals surface area contributed by atoms with Crippen LogP contribution in [0, 0.1) is 5.82 Å². The van der Waals surface area contributed by atoms with Crippen molar-refractivity contribution >= 4 is 50.6 Å². The van der Waals surface area contributed by atoms with Crippen LogP contribution in [0.25, 0.3) is 10.9 Å². The number of carbonyl (C=O) groups is 3. The Bertz CT molecular complexity index is 1180. The minimum atomic E-state index is -0.928. The third kappa shape index (κ3) is 3.02. The molecule has 148 valence electrons. The molecule has 1 aliphatic rings. The van der Waals surface area contributed by atoms with Gasteiger partial charge in [0.25, 0.3) is 11.8 Å². The van der Waals surface area contributed by atoms with Crippen molar-refractivity contribution in [3.63, 3.8) is 0 Å². The SMILES string of the molecule is CC(C)(C)OC(=O)n1nc(N2C(=O)c3ccccc3C2=O)c2ccc(Br)c(F)c21. The van der Waals surface area contributed by atoms with Gasteiger partial charge in [0.15, 0.2) is 11.6 Å². The standard InChI is InChI=1S/C20H15BrFN3O4/c1-20(2,3)29-19(28)25-15-12(8-9-13(21)14(15)22)16(23-25)24-17(26)10-6-4-5-7-11(10)18(24)27/h4-9H,1-3H3. The van der Waals surface area contributed by atoms with Gasteiger partial charge in [0.1, 0.15) is 11.1 Å². The number of hydrogen-bond donors (Lipinski definition) is 0. The van der Waals surface area contributed by atoms with Gasteiger partial charge in [0.2, 0.25) is 0 Å². The Labute approximate surface area is 173 Å². The lowest BCUT2D eigenvalue weighted by Crippen LogP contribution is -2.31. The zero-order chi connectivity index (χ0) is 21.1. The molecular weight excluding hydrogens is 445 g/mol. The highest BCUT2D eigenvalue weighted by Crippen LogP contribution is 2.36. The molecule has 1 aromatic heterocycles. The first-order chi connectivity index (χ1) is 13.6. The molecule has 0 unspecified atom stereocenters. The highest BCUT2D eigenvalue weighted by atomic mass is 79.9. The van der Waals surface area contributed by atoms with E-state index in [1.165, 1.54) is 24.3 Å². The topological polar surface area (TPSA) is 81.5 Å². The van der Waals surface area contributed by atoms with Crippen LogP contribution in [-0.2, 0) is 4.74 Å². The van der Waals surface area contributed by atoms with Crippen LogP contribution in [-0.4, -0.2) is 33.3 Å². The quantitative estimate of drug-likeness (QED) is 0.499. The minimum Gasteiger partial charge on any atom is -0.442 e. The molecule has 0 radical (unpaired) electrons. The second-order valence-corrected chi connectivity index (χ2v) is 8.32. The van der Waals surface area contributed by atoms with Crippen LogP contribution in [0.2, 0.25) is 0 Å². The number of rotatable bonds is 1. The fourth-order valence-electron chi connectivity index (χ4n) is 3.11. The zero-order valence-corrected chi connectivity index (χ0v) is 17.3. The van der Waals surface area contributed by atoms with Crippen LogP contribution >= 0.6 is 15.9 Å². The molecule has 2 aromatic carbocycles. The molecule has 1 aliphatic heterocycles. The summed E-state index contributed by atoms with van der Waals surface area (Å²) in [5, 5.41) is 4.24. The summed E-state index contributed by atoms with van der Waals surface area (Å²) in [5.41, 5.74) is -0.613. The second-order valence-electron chi connectivity index (χ2n) is 7.46. The summed E-state index contributed by atoms with van der Waals surface area (Å²) < 4.78 is 21.1. The number of imide groups is 1. The van der Waals surface area contributed by atoms with Gasteiger partial charge in [0.05, 0.1) is 15.6 Å². The third-order valence-corrected chi connectivity index (χ3v) is 4.90. The molecule has 7 nitrogen and oxygen atoms in total. The predicted molar refractivity (Wildman–Crippen MR) is 107 cm³/mol. The van der Waals surface area contributed by atoms with E-state index in [4.69, 9.17) is 4.74 Å². The van der Waals surface area contributed by atoms with E-state index in [2.05, 4.69) is 21.0 Å². The molecule has 0 fully saturated rings. The number of ether oxygens (including phenoxy) is 1. The van der Waals surface area contributed by atoms with Crippen LogP contribution in [0.3, 0.4) is 0 Å². The smallest absolute Gasteiger partial charge is 0.435 e. The average Bonchev–Trinajstić information content (AvgIpc) is 3.14. The Balaban J connectivity index is 1.94. The molecule has 0 saturated heterocycles. The molecule has 0 N–H and O–H groups in total. The molecular formula is C20H15BrFN3O4. The summed E-state index contributed by atoms with van der Waals surface area (Å²) in [5.74, 6) is -2.08. The normalized spacial score (nSPS) is 13.9. The number of fused-ring (bicyclic) bond motifs is 2. The van der Waals surface area contributed by atoms with Crippen molar-refractivity contribution < 1.29 is 23.5 Å². The highest BCUT2D eigenvalue weighted by Gasteiger charge is 2.40. The number of aromatic nitrogens is 2. The molecule has 0 spiro atoms. The zero-order valence-electron chi connectivity index (χ0n) is 15.7. The number of anilines is 1. The van der Waals surface area contributed by atoms with E-state index in [0.29, 0.717) is 0 Å². The number of hydrogen-bond acceptors (Lipinski definition) is 5. The number of nitrogens with zero attached hydrogens (tertiary/aromatic N) is 3. The molecule has 0 saturated carbocycles. The van der Waals surface area contributed by atoms with Crippen LogP contribution < -0.4 is 4.90 Å². The summed E-state index contributed by atoms with van der Waals surface area (Å²) in [6.07, 6.45) is -0.928. The van der Waals surface area contributed by atoms with Crippen molar-refractivity contribution in [1.82, 2.24) is 9.78 Å². The van der Waals surface area contributed by atoms with Crippen molar-refractivity contribution in [2.75, 3.05) is 4.90 Å². The van der Waals surface area contributed by atoms with Gasteiger partial charge in [-0.05, 0) is 61.0 Å². The number of benzene rings is 2. The fraction of sp³-hybridized carbons (Fsp3) is 0.200. The van der Waals surface area contributed by atoms with E-state index in [1.54, 1.807) is 32.9 Å². The van der Waals surface area contributed by atoms with Gasteiger partial charge in [-0.25, -0.2) is 14.1 Å². The van der Waals surface area contributed by atoms with Crippen molar-refractivity contribution in [3.8, 4) is 0 Å². The van der Waals surface area contributed by atoms with E-state index in [9.17, 15) is 18.8 Å². The highest BCUT2D eigenvalue weighted by molar-refractivity contribution is 9.10. The monoisotopic (exact) mass is 459 g/mol. The Morgan fingerprint density at radius 2 is 1.66 bits per heavy atom. The summed E-state index contributed by atoms with van der Waals surface area (Å²) in [7, 11) is 0. The molecule has 2 heterocycles. The van der Waals surface area contributed by atoms with Gasteiger partial charge in [-0.2, -0.15) is 4.68 Å². The van der Waals surface area contributed by atoms with Gasteiger partial charge < -0.3 is 4.74 Å². The summed E-state index contributed by atoms with van der Waals surface area (Å²) >= 11 is 3.09. The largest absolute Gasteiger partial charge is 0.442 e. The van der Waals surface area contributed by atoms with Crippen molar-refractivity contribution in [3.05, 3.63) is 57.8 Å². The molecule has 4 rings (SSSR count). The van der Waals surface area contributed by atoms with Crippen molar-refractivity contribution in [1.29, 1.82) is 0 Å². The third-order valence-electron chi connectivity index (χ3n) is 4.29. The van der Waals surface area contributed by atoms with Crippen molar-refractivity contribution in [2.45, 2.75) is 26.4 Å². The second kappa shape index (κ2) is 6.48. The van der Waals surface area contributed by atoms with Gasteiger partial charge in [-0.1, -0.05) is 12.1 Å². The van der Waals surface area contributed by atoms with Gasteiger partial charge in [-0.15, -0.1) is 5.10 Å². The van der Waals surface area contributed by atoms with E-state index < -0.39 is 29.3 Å². The Morgan fingerprint density at radius 3 is 2.21 bits per heavy atom. The Kier molecular flexibility index (Phi) is 4.30. The first kappa shape index (κ1) is 19.3. The first-order valence-corrected chi connectivity index (χ1v) is 9.47. The van der Waals surface area contributed by atoms with Gasteiger partial charge in [0, 0.05) is 5.39 Å². The fourth-order valence-corrected chi connectivity index (χ4v) is 3.43. The maximum atomic E-state index is 14.9. The first-order valence-electron chi connectivity index (χ1n) is 8.68.